The van der Waals surface area contributed by atoms with E-state index in [0.717, 1.165) is 30.2 Å². The van der Waals surface area contributed by atoms with Crippen LogP contribution in [0.25, 0.3) is 0 Å². The summed E-state index contributed by atoms with van der Waals surface area (Å²) in [6, 6.07) is 6.43. The lowest BCUT2D eigenvalue weighted by atomic mass is 9.96. The summed E-state index contributed by atoms with van der Waals surface area (Å²) in [6.07, 6.45) is 3.34. The standard InChI is InChI=1S/C16H26ClNO/c1-5-18-15(12(2)3)8-6-7-13-11-14(17)9-10-16(13)19-4/h9-12,15,18H,5-8H2,1-4H3. The number of hydrogen-bond donors (Lipinski definition) is 1. The van der Waals surface area contributed by atoms with Crippen LogP contribution in [0.15, 0.2) is 18.2 Å². The first-order valence-corrected chi connectivity index (χ1v) is 7.52. The van der Waals surface area contributed by atoms with Crippen molar-refractivity contribution in [1.29, 1.82) is 0 Å². The van der Waals surface area contributed by atoms with Crippen molar-refractivity contribution >= 4 is 11.6 Å². The van der Waals surface area contributed by atoms with Gasteiger partial charge >= 0.3 is 0 Å². The van der Waals surface area contributed by atoms with Crippen molar-refractivity contribution in [3.8, 4) is 5.75 Å². The lowest BCUT2D eigenvalue weighted by Gasteiger charge is -2.21. The van der Waals surface area contributed by atoms with Crippen LogP contribution in [0.5, 0.6) is 5.75 Å². The van der Waals surface area contributed by atoms with Crippen LogP contribution in [0.3, 0.4) is 0 Å². The monoisotopic (exact) mass is 283 g/mol. The third-order valence-corrected chi connectivity index (χ3v) is 3.71. The van der Waals surface area contributed by atoms with Gasteiger partial charge in [-0.1, -0.05) is 32.4 Å². The first-order valence-electron chi connectivity index (χ1n) is 7.14. The van der Waals surface area contributed by atoms with Crippen LogP contribution in [0.4, 0.5) is 0 Å². The Balaban J connectivity index is 2.54. The topological polar surface area (TPSA) is 21.3 Å². The van der Waals surface area contributed by atoms with Gasteiger partial charge in [0.25, 0.3) is 0 Å². The molecule has 0 aromatic heterocycles. The number of halogens is 1. The number of rotatable bonds is 8. The Morgan fingerprint density at radius 2 is 2.05 bits per heavy atom. The molecule has 3 heteroatoms. The van der Waals surface area contributed by atoms with Crippen LogP contribution in [0.2, 0.25) is 5.02 Å². The maximum atomic E-state index is 6.05. The van der Waals surface area contributed by atoms with Crippen LogP contribution < -0.4 is 10.1 Å². The number of nitrogens with one attached hydrogen (secondary N) is 1. The summed E-state index contributed by atoms with van der Waals surface area (Å²) in [4.78, 5) is 0. The highest BCUT2D eigenvalue weighted by atomic mass is 35.5. The van der Waals surface area contributed by atoms with E-state index in [1.54, 1.807) is 7.11 Å². The summed E-state index contributed by atoms with van der Waals surface area (Å²) in [5.41, 5.74) is 1.20. The maximum absolute atomic E-state index is 6.05. The smallest absolute Gasteiger partial charge is 0.122 e. The van der Waals surface area contributed by atoms with Crippen molar-refractivity contribution < 1.29 is 4.74 Å². The molecule has 108 valence electrons. The van der Waals surface area contributed by atoms with Crippen LogP contribution >= 0.6 is 11.6 Å². The minimum absolute atomic E-state index is 0.593. The molecule has 0 aliphatic heterocycles. The molecule has 1 atom stereocenters. The number of ether oxygens (including phenoxy) is 1. The molecule has 2 nitrogen and oxygen atoms in total. The van der Waals surface area contributed by atoms with E-state index in [2.05, 4.69) is 26.1 Å². The fourth-order valence-corrected chi connectivity index (χ4v) is 2.58. The van der Waals surface area contributed by atoms with Crippen molar-refractivity contribution in [2.45, 2.75) is 46.1 Å². The van der Waals surface area contributed by atoms with E-state index >= 15 is 0 Å². The Labute approximate surface area is 122 Å². The molecular formula is C16H26ClNO. The van der Waals surface area contributed by atoms with Crippen LogP contribution in [0.1, 0.15) is 39.2 Å². The molecule has 0 heterocycles. The number of hydrogen-bond acceptors (Lipinski definition) is 2. The van der Waals surface area contributed by atoms with Gasteiger partial charge in [-0.15, -0.1) is 0 Å². The molecule has 0 bridgehead atoms. The maximum Gasteiger partial charge on any atom is 0.122 e. The van der Waals surface area contributed by atoms with Gasteiger partial charge in [0, 0.05) is 11.1 Å². The quantitative estimate of drug-likeness (QED) is 0.768. The first-order chi connectivity index (χ1) is 9.08. The predicted molar refractivity (Wildman–Crippen MR) is 83.2 cm³/mol. The van der Waals surface area contributed by atoms with Crippen molar-refractivity contribution in [1.82, 2.24) is 5.32 Å². The molecule has 0 spiro atoms. The Morgan fingerprint density at radius 1 is 1.32 bits per heavy atom. The molecule has 1 unspecified atom stereocenters. The van der Waals surface area contributed by atoms with Gasteiger partial charge in [0.2, 0.25) is 0 Å². The predicted octanol–water partition coefficient (Wildman–Crippen LogP) is 4.31. The van der Waals surface area contributed by atoms with E-state index in [0.29, 0.717) is 12.0 Å². The summed E-state index contributed by atoms with van der Waals surface area (Å²) in [5.74, 6) is 1.61. The van der Waals surface area contributed by atoms with Crippen LogP contribution in [-0.4, -0.2) is 19.7 Å². The lowest BCUT2D eigenvalue weighted by Crippen LogP contribution is -2.33. The Morgan fingerprint density at radius 3 is 2.63 bits per heavy atom. The summed E-state index contributed by atoms with van der Waals surface area (Å²) in [6.45, 7) is 7.74. The zero-order valence-corrected chi connectivity index (χ0v) is 13.3. The van der Waals surface area contributed by atoms with Crippen LogP contribution in [0, 0.1) is 5.92 Å². The highest BCUT2D eigenvalue weighted by molar-refractivity contribution is 6.30. The van der Waals surface area contributed by atoms with E-state index in [-0.39, 0.29) is 0 Å². The zero-order valence-electron chi connectivity index (χ0n) is 12.5. The van der Waals surface area contributed by atoms with Gasteiger partial charge in [-0.2, -0.15) is 0 Å². The van der Waals surface area contributed by atoms with Gasteiger partial charge in [0.1, 0.15) is 5.75 Å². The van der Waals surface area contributed by atoms with Crippen molar-refractivity contribution in [3.63, 3.8) is 0 Å². The molecule has 0 aliphatic rings. The Kier molecular flexibility index (Phi) is 7.25. The molecule has 19 heavy (non-hydrogen) atoms. The molecule has 0 saturated heterocycles. The third-order valence-electron chi connectivity index (χ3n) is 3.47. The van der Waals surface area contributed by atoms with Gasteiger partial charge in [-0.25, -0.2) is 0 Å². The fourth-order valence-electron chi connectivity index (χ4n) is 2.39. The Hall–Kier alpha value is -0.730. The van der Waals surface area contributed by atoms with Gasteiger partial charge in [0.15, 0.2) is 0 Å². The minimum Gasteiger partial charge on any atom is -0.496 e. The second kappa shape index (κ2) is 8.44. The van der Waals surface area contributed by atoms with Gasteiger partial charge in [-0.3, -0.25) is 0 Å². The summed E-state index contributed by atoms with van der Waals surface area (Å²) < 4.78 is 5.38. The van der Waals surface area contributed by atoms with Crippen molar-refractivity contribution in [3.05, 3.63) is 28.8 Å². The molecule has 0 radical (unpaired) electrons. The molecule has 1 aromatic carbocycles. The van der Waals surface area contributed by atoms with E-state index in [1.807, 2.05) is 18.2 Å². The zero-order chi connectivity index (χ0) is 14.3. The highest BCUT2D eigenvalue weighted by Gasteiger charge is 2.12. The molecule has 1 N–H and O–H groups in total. The number of methoxy groups -OCH3 is 1. The second-order valence-corrected chi connectivity index (χ2v) is 5.69. The number of benzene rings is 1. The number of aryl methyl sites for hydroxylation is 1. The Bertz CT molecular complexity index is 379. The first kappa shape index (κ1) is 16.3. The normalized spacial score (nSPS) is 12.7. The SMILES string of the molecule is CCNC(CCCc1cc(Cl)ccc1OC)C(C)C. The highest BCUT2D eigenvalue weighted by Crippen LogP contribution is 2.24. The van der Waals surface area contributed by atoms with Crippen molar-refractivity contribution in [2.24, 2.45) is 5.92 Å². The molecule has 0 aliphatic carbocycles. The van der Waals surface area contributed by atoms with E-state index in [4.69, 9.17) is 16.3 Å². The van der Waals surface area contributed by atoms with Crippen LogP contribution in [-0.2, 0) is 6.42 Å². The minimum atomic E-state index is 0.593. The largest absolute Gasteiger partial charge is 0.496 e. The summed E-state index contributed by atoms with van der Waals surface area (Å²) in [5, 5.41) is 4.33. The fraction of sp³-hybridized carbons (Fsp3) is 0.625. The molecule has 0 fully saturated rings. The van der Waals surface area contributed by atoms with Gasteiger partial charge < -0.3 is 10.1 Å². The van der Waals surface area contributed by atoms with E-state index in [1.165, 1.54) is 12.0 Å². The van der Waals surface area contributed by atoms with E-state index < -0.39 is 0 Å². The average Bonchev–Trinajstić information content (AvgIpc) is 2.38. The molecule has 0 saturated carbocycles. The summed E-state index contributed by atoms with van der Waals surface area (Å²) >= 11 is 6.05. The lowest BCUT2D eigenvalue weighted by molar-refractivity contribution is 0.374. The van der Waals surface area contributed by atoms with Gasteiger partial charge in [0.05, 0.1) is 7.11 Å². The van der Waals surface area contributed by atoms with Crippen molar-refractivity contribution in [2.75, 3.05) is 13.7 Å². The van der Waals surface area contributed by atoms with Gasteiger partial charge in [-0.05, 0) is 55.5 Å². The van der Waals surface area contributed by atoms with E-state index in [9.17, 15) is 0 Å². The second-order valence-electron chi connectivity index (χ2n) is 5.26. The average molecular weight is 284 g/mol. The molecule has 1 aromatic rings. The summed E-state index contributed by atoms with van der Waals surface area (Å²) in [7, 11) is 1.71. The molecular weight excluding hydrogens is 258 g/mol. The molecule has 1 rings (SSSR count). The molecule has 0 amide bonds. The third kappa shape index (κ3) is 5.42.